The fraction of sp³-hybridized carbons (Fsp3) is 0.385. The van der Waals surface area contributed by atoms with E-state index in [4.69, 9.17) is 11.0 Å². The van der Waals surface area contributed by atoms with Crippen molar-refractivity contribution in [2.24, 2.45) is 11.7 Å². The molecule has 1 heterocycles. The third-order valence-corrected chi connectivity index (χ3v) is 3.10. The molecule has 4 heteroatoms. The molecule has 1 aromatic rings. The number of hydrogen-bond donors (Lipinski definition) is 1. The van der Waals surface area contributed by atoms with Crippen LogP contribution in [0.1, 0.15) is 17.5 Å². The smallest absolute Gasteiger partial charge is 0.227 e. The van der Waals surface area contributed by atoms with E-state index in [-0.39, 0.29) is 11.8 Å². The van der Waals surface area contributed by atoms with Crippen molar-refractivity contribution in [3.8, 4) is 6.07 Å². The zero-order chi connectivity index (χ0) is 12.4. The van der Waals surface area contributed by atoms with Gasteiger partial charge >= 0.3 is 0 Å². The highest BCUT2D eigenvalue weighted by Crippen LogP contribution is 2.28. The van der Waals surface area contributed by atoms with E-state index in [0.29, 0.717) is 30.8 Å². The predicted molar refractivity (Wildman–Crippen MR) is 65.4 cm³/mol. The Balaban J connectivity index is 2.37. The van der Waals surface area contributed by atoms with Crippen LogP contribution in [0.15, 0.2) is 18.2 Å². The van der Waals surface area contributed by atoms with Gasteiger partial charge in [-0.15, -0.1) is 0 Å². The summed E-state index contributed by atoms with van der Waals surface area (Å²) in [6.07, 6.45) is 0.481. The Bertz CT molecular complexity index is 490. The van der Waals surface area contributed by atoms with Crippen LogP contribution >= 0.6 is 0 Å². The van der Waals surface area contributed by atoms with Crippen molar-refractivity contribution in [1.82, 2.24) is 0 Å². The summed E-state index contributed by atoms with van der Waals surface area (Å²) in [5.74, 6) is 0.261. The molecule has 1 atom stereocenters. The van der Waals surface area contributed by atoms with Crippen LogP contribution in [0.25, 0.3) is 0 Å². The third kappa shape index (κ3) is 2.15. The Morgan fingerprint density at radius 1 is 1.59 bits per heavy atom. The van der Waals surface area contributed by atoms with Gasteiger partial charge < -0.3 is 10.6 Å². The van der Waals surface area contributed by atoms with Crippen molar-refractivity contribution in [3.05, 3.63) is 29.3 Å². The van der Waals surface area contributed by atoms with Crippen molar-refractivity contribution in [2.75, 3.05) is 18.0 Å². The maximum atomic E-state index is 11.9. The van der Waals surface area contributed by atoms with E-state index >= 15 is 0 Å². The Morgan fingerprint density at radius 2 is 2.35 bits per heavy atom. The number of hydrogen-bond acceptors (Lipinski definition) is 3. The number of amides is 1. The van der Waals surface area contributed by atoms with Crippen molar-refractivity contribution in [1.29, 1.82) is 5.26 Å². The van der Waals surface area contributed by atoms with Crippen LogP contribution in [-0.2, 0) is 4.79 Å². The van der Waals surface area contributed by atoms with Crippen molar-refractivity contribution in [2.45, 2.75) is 13.3 Å². The second-order valence-electron chi connectivity index (χ2n) is 4.44. The molecule has 1 aromatic carbocycles. The Labute approximate surface area is 101 Å². The quantitative estimate of drug-likeness (QED) is 0.827. The Morgan fingerprint density at radius 3 is 2.94 bits per heavy atom. The van der Waals surface area contributed by atoms with Gasteiger partial charge in [0.1, 0.15) is 6.07 Å². The normalized spacial score (nSPS) is 19.5. The molecule has 2 N–H and O–H groups in total. The van der Waals surface area contributed by atoms with Crippen LogP contribution in [0.5, 0.6) is 0 Å². The van der Waals surface area contributed by atoms with E-state index in [1.165, 1.54) is 0 Å². The van der Waals surface area contributed by atoms with Crippen LogP contribution in [0.3, 0.4) is 0 Å². The highest BCUT2D eigenvalue weighted by atomic mass is 16.2. The van der Waals surface area contributed by atoms with Gasteiger partial charge in [-0.3, -0.25) is 4.79 Å². The van der Waals surface area contributed by atoms with Gasteiger partial charge in [0, 0.05) is 13.0 Å². The number of rotatable bonds is 2. The van der Waals surface area contributed by atoms with E-state index in [9.17, 15) is 4.79 Å². The van der Waals surface area contributed by atoms with Gasteiger partial charge in [0.15, 0.2) is 0 Å². The van der Waals surface area contributed by atoms with Crippen LogP contribution in [0, 0.1) is 24.2 Å². The van der Waals surface area contributed by atoms with Gasteiger partial charge in [-0.2, -0.15) is 5.26 Å². The van der Waals surface area contributed by atoms with Crippen LogP contribution in [0.2, 0.25) is 0 Å². The highest BCUT2D eigenvalue weighted by Gasteiger charge is 2.30. The van der Waals surface area contributed by atoms with Gasteiger partial charge in [-0.05, 0) is 37.1 Å². The average Bonchev–Trinajstić information content (AvgIpc) is 2.70. The molecule has 1 saturated heterocycles. The number of carbonyl (C=O) groups excluding carboxylic acids is 1. The second-order valence-corrected chi connectivity index (χ2v) is 4.44. The van der Waals surface area contributed by atoms with Gasteiger partial charge in [0.05, 0.1) is 11.3 Å². The molecule has 0 bridgehead atoms. The molecule has 0 radical (unpaired) electrons. The third-order valence-electron chi connectivity index (χ3n) is 3.10. The van der Waals surface area contributed by atoms with Crippen LogP contribution in [0.4, 0.5) is 5.69 Å². The Kier molecular flexibility index (Phi) is 3.12. The summed E-state index contributed by atoms with van der Waals surface area (Å²) in [5.41, 5.74) is 7.90. The number of anilines is 1. The number of nitrogens with two attached hydrogens (primary N) is 1. The van der Waals surface area contributed by atoms with Gasteiger partial charge in [0.2, 0.25) is 5.91 Å². The monoisotopic (exact) mass is 229 g/mol. The summed E-state index contributed by atoms with van der Waals surface area (Å²) >= 11 is 0. The molecule has 0 aromatic heterocycles. The van der Waals surface area contributed by atoms with E-state index in [1.807, 2.05) is 19.1 Å². The molecule has 0 saturated carbocycles. The zero-order valence-electron chi connectivity index (χ0n) is 9.81. The minimum Gasteiger partial charge on any atom is -0.330 e. The maximum absolute atomic E-state index is 11.9. The minimum absolute atomic E-state index is 0.0579. The summed E-state index contributed by atoms with van der Waals surface area (Å²) in [6, 6.07) is 7.65. The van der Waals surface area contributed by atoms with Crippen LogP contribution in [-0.4, -0.2) is 19.0 Å². The minimum atomic E-state index is 0.0579. The fourth-order valence-corrected chi connectivity index (χ4v) is 2.13. The molecule has 2 rings (SSSR count). The SMILES string of the molecule is Cc1ccc(C#N)c(N2CC(CN)CC2=O)c1. The number of carbonyl (C=O) groups is 1. The molecule has 0 aliphatic carbocycles. The van der Waals surface area contributed by atoms with Crippen molar-refractivity contribution >= 4 is 11.6 Å². The van der Waals surface area contributed by atoms with E-state index in [0.717, 1.165) is 5.56 Å². The number of nitrogens with zero attached hydrogens (tertiary/aromatic N) is 2. The first-order valence-electron chi connectivity index (χ1n) is 5.67. The van der Waals surface area contributed by atoms with Gasteiger partial charge in [-0.25, -0.2) is 0 Å². The summed E-state index contributed by atoms with van der Waals surface area (Å²) < 4.78 is 0. The van der Waals surface area contributed by atoms with Gasteiger partial charge in [0.25, 0.3) is 0 Å². The predicted octanol–water partition coefficient (Wildman–Crippen LogP) is 1.18. The lowest BCUT2D eigenvalue weighted by molar-refractivity contribution is -0.117. The second kappa shape index (κ2) is 4.56. The van der Waals surface area contributed by atoms with Crippen molar-refractivity contribution in [3.63, 3.8) is 0 Å². The maximum Gasteiger partial charge on any atom is 0.227 e. The largest absolute Gasteiger partial charge is 0.330 e. The molecule has 1 aliphatic rings. The molecule has 17 heavy (non-hydrogen) atoms. The summed E-state index contributed by atoms with van der Waals surface area (Å²) in [4.78, 5) is 13.6. The van der Waals surface area contributed by atoms with E-state index in [2.05, 4.69) is 6.07 Å². The molecule has 0 spiro atoms. The molecule has 1 unspecified atom stereocenters. The lowest BCUT2D eigenvalue weighted by Gasteiger charge is -2.18. The highest BCUT2D eigenvalue weighted by molar-refractivity contribution is 5.97. The molecule has 88 valence electrons. The van der Waals surface area contributed by atoms with Gasteiger partial charge in [-0.1, -0.05) is 6.07 Å². The standard InChI is InChI=1S/C13H15N3O/c1-9-2-3-11(7-15)12(4-9)16-8-10(6-14)5-13(16)17/h2-4,10H,5-6,8,14H2,1H3. The molecule has 1 amide bonds. The van der Waals surface area contributed by atoms with Crippen LogP contribution < -0.4 is 10.6 Å². The van der Waals surface area contributed by atoms with E-state index < -0.39 is 0 Å². The fourth-order valence-electron chi connectivity index (χ4n) is 2.13. The average molecular weight is 229 g/mol. The summed E-state index contributed by atoms with van der Waals surface area (Å²) in [7, 11) is 0. The van der Waals surface area contributed by atoms with Crippen molar-refractivity contribution < 1.29 is 4.79 Å². The molecular weight excluding hydrogens is 214 g/mol. The lowest BCUT2D eigenvalue weighted by Crippen LogP contribution is -2.26. The number of benzene rings is 1. The molecule has 4 nitrogen and oxygen atoms in total. The lowest BCUT2D eigenvalue weighted by atomic mass is 10.1. The molecule has 1 fully saturated rings. The first-order valence-corrected chi connectivity index (χ1v) is 5.67. The zero-order valence-corrected chi connectivity index (χ0v) is 9.81. The summed E-state index contributed by atoms with van der Waals surface area (Å²) in [5, 5.41) is 9.07. The van der Waals surface area contributed by atoms with E-state index in [1.54, 1.807) is 11.0 Å². The molecule has 1 aliphatic heterocycles. The number of aryl methyl sites for hydroxylation is 1. The first-order chi connectivity index (χ1) is 8.15. The first kappa shape index (κ1) is 11.6. The number of nitriles is 1. The topological polar surface area (TPSA) is 70.1 Å². The Hall–Kier alpha value is -1.86. The molecular formula is C13H15N3O. The summed E-state index contributed by atoms with van der Waals surface area (Å²) in [6.45, 7) is 3.08.